The van der Waals surface area contributed by atoms with E-state index >= 15 is 0 Å². The molecule has 1 aromatic carbocycles. The zero-order valence-electron chi connectivity index (χ0n) is 8.42. The minimum absolute atomic E-state index is 0.374. The van der Waals surface area contributed by atoms with Crippen molar-refractivity contribution >= 4 is 23.2 Å². The number of benzene rings is 1. The zero-order valence-corrected chi connectivity index (χ0v) is 9.93. The van der Waals surface area contributed by atoms with Gasteiger partial charge in [-0.1, -0.05) is 29.3 Å². The lowest BCUT2D eigenvalue weighted by Gasteiger charge is -2.03. The summed E-state index contributed by atoms with van der Waals surface area (Å²) in [6, 6.07) is 6.92. The van der Waals surface area contributed by atoms with Crippen LogP contribution >= 0.6 is 23.2 Å². The average Bonchev–Trinajstić information content (AvgIpc) is 2.20. The molecule has 5 heteroatoms. The van der Waals surface area contributed by atoms with Crippen molar-refractivity contribution in [2.45, 2.75) is 6.92 Å². The summed E-state index contributed by atoms with van der Waals surface area (Å²) in [5.74, 6) is 0. The van der Waals surface area contributed by atoms with Gasteiger partial charge < -0.3 is 4.98 Å². The third kappa shape index (κ3) is 2.26. The van der Waals surface area contributed by atoms with Crippen LogP contribution in [0, 0.1) is 6.92 Å². The number of halogens is 2. The summed E-state index contributed by atoms with van der Waals surface area (Å²) in [5.41, 5.74) is 1.73. The Morgan fingerprint density at radius 1 is 1.19 bits per heavy atom. The number of nitrogens with zero attached hydrogens (tertiary/aromatic N) is 1. The summed E-state index contributed by atoms with van der Waals surface area (Å²) in [6.45, 7) is 1.80. The fraction of sp³-hybridized carbons (Fsp3) is 0.0909. The maximum absolute atomic E-state index is 11.2. The Hall–Kier alpha value is -1.32. The second-order valence-electron chi connectivity index (χ2n) is 3.38. The van der Waals surface area contributed by atoms with Crippen LogP contribution in [0.25, 0.3) is 11.3 Å². The van der Waals surface area contributed by atoms with Gasteiger partial charge in [0.15, 0.2) is 0 Å². The number of rotatable bonds is 1. The molecule has 0 spiro atoms. The van der Waals surface area contributed by atoms with Gasteiger partial charge in [0.1, 0.15) is 0 Å². The number of aromatic amines is 1. The molecular weight excluding hydrogens is 247 g/mol. The Kier molecular flexibility index (Phi) is 2.99. The second-order valence-corrected chi connectivity index (χ2v) is 4.20. The number of aryl methyl sites for hydroxylation is 1. The van der Waals surface area contributed by atoms with Crippen LogP contribution in [0.15, 0.2) is 29.1 Å². The van der Waals surface area contributed by atoms with Crippen LogP contribution in [-0.2, 0) is 0 Å². The Labute approximate surface area is 102 Å². The van der Waals surface area contributed by atoms with Crippen LogP contribution in [0.4, 0.5) is 0 Å². The largest absolute Gasteiger partial charge is 0.345 e. The van der Waals surface area contributed by atoms with Crippen LogP contribution in [0.5, 0.6) is 0 Å². The van der Waals surface area contributed by atoms with Gasteiger partial charge in [-0.05, 0) is 25.1 Å². The second kappa shape index (κ2) is 4.28. The van der Waals surface area contributed by atoms with E-state index in [0.717, 1.165) is 11.3 Å². The lowest BCUT2D eigenvalue weighted by atomic mass is 10.1. The van der Waals surface area contributed by atoms with Gasteiger partial charge in [0, 0.05) is 11.3 Å². The summed E-state index contributed by atoms with van der Waals surface area (Å²) < 4.78 is 0. The van der Waals surface area contributed by atoms with Crippen LogP contribution < -0.4 is 5.69 Å². The van der Waals surface area contributed by atoms with Gasteiger partial charge in [-0.15, -0.1) is 0 Å². The molecule has 1 aromatic heterocycles. The highest BCUT2D eigenvalue weighted by Gasteiger charge is 2.04. The molecule has 2 aromatic rings. The van der Waals surface area contributed by atoms with Crippen molar-refractivity contribution < 1.29 is 0 Å². The predicted molar refractivity (Wildman–Crippen MR) is 65.1 cm³/mol. The summed E-state index contributed by atoms with van der Waals surface area (Å²) in [5, 5.41) is 0.922. The molecule has 0 saturated heterocycles. The van der Waals surface area contributed by atoms with Crippen LogP contribution in [0.3, 0.4) is 0 Å². The zero-order chi connectivity index (χ0) is 11.7. The standard InChI is InChI=1S/C11H8Cl2N2O/c1-6-4-10(15-11(16)14-6)7-2-3-8(12)9(13)5-7/h2-5H,1H3,(H,14,15,16). The number of hydrogen-bond donors (Lipinski definition) is 1. The highest BCUT2D eigenvalue weighted by Crippen LogP contribution is 2.27. The van der Waals surface area contributed by atoms with E-state index in [2.05, 4.69) is 9.97 Å². The van der Waals surface area contributed by atoms with Gasteiger partial charge in [-0.3, -0.25) is 0 Å². The molecule has 3 nitrogen and oxygen atoms in total. The van der Waals surface area contributed by atoms with E-state index in [1.54, 1.807) is 31.2 Å². The fourth-order valence-electron chi connectivity index (χ4n) is 1.38. The molecule has 0 aliphatic heterocycles. The van der Waals surface area contributed by atoms with E-state index < -0.39 is 0 Å². The maximum atomic E-state index is 11.2. The molecule has 0 unspecified atom stereocenters. The SMILES string of the molecule is Cc1cc(-c2ccc(Cl)c(Cl)c2)nc(=O)[nH]1. The van der Waals surface area contributed by atoms with Crippen LogP contribution in [-0.4, -0.2) is 9.97 Å². The molecule has 82 valence electrons. The lowest BCUT2D eigenvalue weighted by Crippen LogP contribution is -2.11. The monoisotopic (exact) mass is 254 g/mol. The molecule has 1 N–H and O–H groups in total. The summed E-state index contributed by atoms with van der Waals surface area (Å²) in [7, 11) is 0. The van der Waals surface area contributed by atoms with Gasteiger partial charge in [0.05, 0.1) is 15.7 Å². The first-order valence-electron chi connectivity index (χ1n) is 4.59. The van der Waals surface area contributed by atoms with Crippen molar-refractivity contribution in [2.75, 3.05) is 0 Å². The van der Waals surface area contributed by atoms with Gasteiger partial charge >= 0.3 is 5.69 Å². The maximum Gasteiger partial charge on any atom is 0.345 e. The van der Waals surface area contributed by atoms with Gasteiger partial charge in [0.25, 0.3) is 0 Å². The third-order valence-electron chi connectivity index (χ3n) is 2.09. The molecule has 0 atom stereocenters. The minimum Gasteiger partial charge on any atom is -0.310 e. The Morgan fingerprint density at radius 3 is 2.56 bits per heavy atom. The molecule has 0 radical (unpaired) electrons. The molecule has 0 amide bonds. The summed E-state index contributed by atoms with van der Waals surface area (Å²) >= 11 is 11.7. The summed E-state index contributed by atoms with van der Waals surface area (Å²) in [4.78, 5) is 17.7. The number of hydrogen-bond acceptors (Lipinski definition) is 2. The van der Waals surface area contributed by atoms with E-state index in [-0.39, 0.29) is 5.69 Å². The first-order valence-corrected chi connectivity index (χ1v) is 5.35. The molecule has 0 aliphatic carbocycles. The van der Waals surface area contributed by atoms with Crippen molar-refractivity contribution in [2.24, 2.45) is 0 Å². The molecule has 0 aliphatic rings. The van der Waals surface area contributed by atoms with Crippen LogP contribution in [0.2, 0.25) is 10.0 Å². The van der Waals surface area contributed by atoms with E-state index in [0.29, 0.717) is 15.7 Å². The van der Waals surface area contributed by atoms with Gasteiger partial charge in [-0.25, -0.2) is 4.79 Å². The molecule has 2 rings (SSSR count). The predicted octanol–water partition coefficient (Wildman–Crippen LogP) is 3.05. The van der Waals surface area contributed by atoms with Crippen molar-refractivity contribution in [3.63, 3.8) is 0 Å². The van der Waals surface area contributed by atoms with Crippen molar-refractivity contribution in [1.82, 2.24) is 9.97 Å². The third-order valence-corrected chi connectivity index (χ3v) is 2.83. The highest BCUT2D eigenvalue weighted by atomic mass is 35.5. The first kappa shape index (κ1) is 11.2. The molecule has 0 fully saturated rings. The van der Waals surface area contributed by atoms with Crippen LogP contribution in [0.1, 0.15) is 5.69 Å². The summed E-state index contributed by atoms with van der Waals surface area (Å²) in [6.07, 6.45) is 0. The van der Waals surface area contributed by atoms with E-state index in [1.165, 1.54) is 0 Å². The first-order chi connectivity index (χ1) is 7.56. The van der Waals surface area contributed by atoms with E-state index in [4.69, 9.17) is 23.2 Å². The topological polar surface area (TPSA) is 45.8 Å². The lowest BCUT2D eigenvalue weighted by molar-refractivity contribution is 1.03. The number of nitrogens with one attached hydrogen (secondary N) is 1. The van der Waals surface area contributed by atoms with Crippen molar-refractivity contribution in [3.05, 3.63) is 50.5 Å². The highest BCUT2D eigenvalue weighted by molar-refractivity contribution is 6.42. The van der Waals surface area contributed by atoms with Gasteiger partial charge in [0.2, 0.25) is 0 Å². The Morgan fingerprint density at radius 2 is 1.94 bits per heavy atom. The molecule has 1 heterocycles. The fourth-order valence-corrected chi connectivity index (χ4v) is 1.68. The quantitative estimate of drug-likeness (QED) is 0.851. The van der Waals surface area contributed by atoms with Gasteiger partial charge in [-0.2, -0.15) is 4.98 Å². The molecule has 0 bridgehead atoms. The smallest absolute Gasteiger partial charge is 0.310 e. The Balaban J connectivity index is 2.58. The van der Waals surface area contributed by atoms with E-state index in [9.17, 15) is 4.79 Å². The van der Waals surface area contributed by atoms with E-state index in [1.807, 2.05) is 0 Å². The number of aromatic nitrogens is 2. The molecule has 16 heavy (non-hydrogen) atoms. The average molecular weight is 255 g/mol. The number of H-pyrrole nitrogens is 1. The minimum atomic E-state index is -0.374. The normalized spacial score (nSPS) is 10.4. The van der Waals surface area contributed by atoms with Crippen molar-refractivity contribution in [1.29, 1.82) is 0 Å². The van der Waals surface area contributed by atoms with Crippen molar-refractivity contribution in [3.8, 4) is 11.3 Å². The molecule has 0 saturated carbocycles. The Bertz CT molecular complexity index is 593. The molecular formula is C11H8Cl2N2O.